The highest BCUT2D eigenvalue weighted by Gasteiger charge is 2.11. The molecule has 0 rings (SSSR count). The van der Waals surface area contributed by atoms with Crippen molar-refractivity contribution in [2.45, 2.75) is 86.0 Å². The van der Waals surface area contributed by atoms with E-state index in [0.29, 0.717) is 0 Å². The van der Waals surface area contributed by atoms with Gasteiger partial charge in [-0.1, -0.05) is 86.0 Å². The molecule has 0 aliphatic carbocycles. The summed E-state index contributed by atoms with van der Waals surface area (Å²) in [4.78, 5) is 0. The van der Waals surface area contributed by atoms with Crippen LogP contribution in [0.25, 0.3) is 0 Å². The molecule has 16 heavy (non-hydrogen) atoms. The van der Waals surface area contributed by atoms with Gasteiger partial charge in [0.2, 0.25) is 0 Å². The molecule has 0 heteroatoms. The van der Waals surface area contributed by atoms with E-state index in [1.54, 1.807) is 0 Å². The zero-order chi connectivity index (χ0) is 12.4. The van der Waals surface area contributed by atoms with Gasteiger partial charge in [-0.2, -0.15) is 0 Å². The summed E-state index contributed by atoms with van der Waals surface area (Å²) in [5, 5.41) is 0. The Labute approximate surface area is 104 Å². The van der Waals surface area contributed by atoms with Crippen LogP contribution in [-0.4, -0.2) is 0 Å². The van der Waals surface area contributed by atoms with Crippen LogP contribution >= 0.6 is 0 Å². The third-order valence-corrected chi connectivity index (χ3v) is 4.21. The molecule has 0 bridgehead atoms. The lowest BCUT2D eigenvalue weighted by molar-refractivity contribution is 0.322. The average molecular weight is 226 g/mol. The quantitative estimate of drug-likeness (QED) is 0.397. The highest BCUT2D eigenvalue weighted by molar-refractivity contribution is 4.63. The molecule has 2 atom stereocenters. The minimum Gasteiger partial charge on any atom is -0.0654 e. The summed E-state index contributed by atoms with van der Waals surface area (Å²) < 4.78 is 0. The van der Waals surface area contributed by atoms with Crippen LogP contribution < -0.4 is 0 Å². The van der Waals surface area contributed by atoms with Crippen LogP contribution in [0.15, 0.2) is 0 Å². The largest absolute Gasteiger partial charge is 0.0654 e. The molecule has 0 fully saturated rings. The van der Waals surface area contributed by atoms with Gasteiger partial charge in [-0.15, -0.1) is 0 Å². The predicted molar refractivity (Wildman–Crippen MR) is 75.8 cm³/mol. The van der Waals surface area contributed by atoms with E-state index in [4.69, 9.17) is 0 Å². The van der Waals surface area contributed by atoms with Crippen molar-refractivity contribution >= 4 is 0 Å². The van der Waals surface area contributed by atoms with Crippen LogP contribution in [-0.2, 0) is 0 Å². The number of unbranched alkanes of at least 4 members (excludes halogenated alkanes) is 3. The Bertz CT molecular complexity index is 137. The van der Waals surface area contributed by atoms with E-state index in [9.17, 15) is 0 Å². The predicted octanol–water partition coefficient (Wildman–Crippen LogP) is 6.06. The van der Waals surface area contributed by atoms with Crippen LogP contribution in [0.1, 0.15) is 86.0 Å². The van der Waals surface area contributed by atoms with Crippen molar-refractivity contribution in [3.8, 4) is 0 Å². The molecule has 0 aliphatic heterocycles. The number of hydrogen-bond acceptors (Lipinski definition) is 0. The third-order valence-electron chi connectivity index (χ3n) is 4.21. The average Bonchev–Trinajstić information content (AvgIpc) is 2.27. The highest BCUT2D eigenvalue weighted by Crippen LogP contribution is 2.24. The Morgan fingerprint density at radius 3 is 1.94 bits per heavy atom. The fourth-order valence-corrected chi connectivity index (χ4v) is 2.24. The maximum atomic E-state index is 2.41. The molecule has 0 amide bonds. The molecule has 2 unspecified atom stereocenters. The summed E-state index contributed by atoms with van der Waals surface area (Å²) in [5.74, 6) is 2.76. The zero-order valence-electron chi connectivity index (χ0n) is 12.4. The molecule has 0 aromatic rings. The number of rotatable bonds is 10. The van der Waals surface area contributed by atoms with Gasteiger partial charge in [0.15, 0.2) is 0 Å². The SMILES string of the molecule is CCCCCCC(CC)CCC(C)C(C)C. The molecule has 0 N–H and O–H groups in total. The monoisotopic (exact) mass is 226 g/mol. The molecule has 0 saturated carbocycles. The normalized spacial score (nSPS) is 15.4. The van der Waals surface area contributed by atoms with Crippen LogP contribution in [0.5, 0.6) is 0 Å². The smallest absolute Gasteiger partial charge is 0.0417 e. The minimum atomic E-state index is 0.859. The van der Waals surface area contributed by atoms with Crippen LogP contribution in [0.3, 0.4) is 0 Å². The van der Waals surface area contributed by atoms with Gasteiger partial charge >= 0.3 is 0 Å². The van der Waals surface area contributed by atoms with E-state index < -0.39 is 0 Å². The van der Waals surface area contributed by atoms with Crippen molar-refractivity contribution in [3.05, 3.63) is 0 Å². The van der Waals surface area contributed by atoms with Gasteiger partial charge in [0.25, 0.3) is 0 Å². The van der Waals surface area contributed by atoms with Crippen molar-refractivity contribution in [2.24, 2.45) is 17.8 Å². The van der Waals surface area contributed by atoms with Gasteiger partial charge in [-0.25, -0.2) is 0 Å². The maximum absolute atomic E-state index is 2.41. The van der Waals surface area contributed by atoms with Gasteiger partial charge in [0.05, 0.1) is 0 Å². The Kier molecular flexibility index (Phi) is 10.2. The fourth-order valence-electron chi connectivity index (χ4n) is 2.24. The van der Waals surface area contributed by atoms with Crippen LogP contribution in [0, 0.1) is 17.8 Å². The lowest BCUT2D eigenvalue weighted by Crippen LogP contribution is -2.07. The van der Waals surface area contributed by atoms with Gasteiger partial charge < -0.3 is 0 Å². The second kappa shape index (κ2) is 10.2. The van der Waals surface area contributed by atoms with Crippen molar-refractivity contribution in [1.82, 2.24) is 0 Å². The summed E-state index contributed by atoms with van der Waals surface area (Å²) in [6.07, 6.45) is 11.5. The Morgan fingerprint density at radius 2 is 1.44 bits per heavy atom. The first-order valence-corrected chi connectivity index (χ1v) is 7.61. The van der Waals surface area contributed by atoms with Crippen molar-refractivity contribution in [2.75, 3.05) is 0 Å². The Hall–Kier alpha value is 0. The van der Waals surface area contributed by atoms with E-state index in [1.165, 1.54) is 51.4 Å². The molecule has 0 aliphatic rings. The van der Waals surface area contributed by atoms with E-state index >= 15 is 0 Å². The molecule has 0 heterocycles. The van der Waals surface area contributed by atoms with Gasteiger partial charge in [0, 0.05) is 0 Å². The lowest BCUT2D eigenvalue weighted by Gasteiger charge is -2.20. The van der Waals surface area contributed by atoms with E-state index in [0.717, 1.165) is 17.8 Å². The van der Waals surface area contributed by atoms with E-state index in [2.05, 4.69) is 34.6 Å². The van der Waals surface area contributed by atoms with Crippen LogP contribution in [0.2, 0.25) is 0 Å². The first-order valence-electron chi connectivity index (χ1n) is 7.61. The maximum Gasteiger partial charge on any atom is -0.0417 e. The second-order valence-electron chi connectivity index (χ2n) is 5.92. The summed E-state index contributed by atoms with van der Waals surface area (Å²) >= 11 is 0. The molecule has 0 radical (unpaired) electrons. The Morgan fingerprint density at radius 1 is 0.750 bits per heavy atom. The standard InChI is InChI=1S/C16H34/c1-6-8-9-10-11-16(7-2)13-12-15(5)14(3)4/h14-16H,6-13H2,1-5H3. The number of hydrogen-bond donors (Lipinski definition) is 0. The molecule has 0 aromatic heterocycles. The second-order valence-corrected chi connectivity index (χ2v) is 5.92. The molecule has 0 saturated heterocycles. The molecular formula is C16H34. The zero-order valence-corrected chi connectivity index (χ0v) is 12.4. The third kappa shape index (κ3) is 8.19. The fraction of sp³-hybridized carbons (Fsp3) is 1.00. The van der Waals surface area contributed by atoms with E-state index in [-0.39, 0.29) is 0 Å². The Balaban J connectivity index is 3.58. The molecule has 0 aromatic carbocycles. The topological polar surface area (TPSA) is 0 Å². The lowest BCUT2D eigenvalue weighted by atomic mass is 9.86. The molecule has 98 valence electrons. The van der Waals surface area contributed by atoms with Gasteiger partial charge in [0.1, 0.15) is 0 Å². The highest BCUT2D eigenvalue weighted by atomic mass is 14.2. The van der Waals surface area contributed by atoms with Crippen LogP contribution in [0.4, 0.5) is 0 Å². The summed E-state index contributed by atoms with van der Waals surface area (Å²) in [5.41, 5.74) is 0. The van der Waals surface area contributed by atoms with Crippen molar-refractivity contribution < 1.29 is 0 Å². The summed E-state index contributed by atoms with van der Waals surface area (Å²) in [7, 11) is 0. The first-order chi connectivity index (χ1) is 7.61. The summed E-state index contributed by atoms with van der Waals surface area (Å²) in [6.45, 7) is 11.8. The first kappa shape index (κ1) is 16.0. The molecule has 0 nitrogen and oxygen atoms in total. The van der Waals surface area contributed by atoms with Gasteiger partial charge in [-0.05, 0) is 17.8 Å². The van der Waals surface area contributed by atoms with E-state index in [1.807, 2.05) is 0 Å². The van der Waals surface area contributed by atoms with Gasteiger partial charge in [-0.3, -0.25) is 0 Å². The molecular weight excluding hydrogens is 192 g/mol. The van der Waals surface area contributed by atoms with Crippen molar-refractivity contribution in [1.29, 1.82) is 0 Å². The molecule has 0 spiro atoms. The summed E-state index contributed by atoms with van der Waals surface area (Å²) in [6, 6.07) is 0. The van der Waals surface area contributed by atoms with Crippen molar-refractivity contribution in [3.63, 3.8) is 0 Å². The minimum absolute atomic E-state index is 0.859.